The molecule has 0 spiro atoms. The quantitative estimate of drug-likeness (QED) is 0.376. The van der Waals surface area contributed by atoms with Crippen molar-refractivity contribution in [3.05, 3.63) is 10.5 Å². The van der Waals surface area contributed by atoms with Crippen LogP contribution in [0.25, 0.3) is 11.2 Å². The van der Waals surface area contributed by atoms with Crippen molar-refractivity contribution in [2.45, 2.75) is 24.4 Å². The molecule has 1 aliphatic heterocycles. The number of anilines is 1. The third-order valence-electron chi connectivity index (χ3n) is 3.21. The van der Waals surface area contributed by atoms with E-state index in [-0.39, 0.29) is 11.8 Å². The van der Waals surface area contributed by atoms with E-state index in [9.17, 15) is 10.2 Å². The van der Waals surface area contributed by atoms with Gasteiger partial charge in [-0.2, -0.15) is 4.98 Å². The number of hydrogen-bond acceptors (Lipinski definition) is 8. The Bertz CT molecular complexity index is 701. The van der Waals surface area contributed by atoms with Gasteiger partial charge in [-0.05, 0) is 0 Å². The molecule has 0 bridgehead atoms. The largest absolute Gasteiger partial charge is 0.394 e. The zero-order valence-electron chi connectivity index (χ0n) is 10.1. The third kappa shape index (κ3) is 1.98. The first-order chi connectivity index (χ1) is 9.51. The van der Waals surface area contributed by atoms with E-state index < -0.39 is 31.0 Å². The lowest BCUT2D eigenvalue weighted by Crippen LogP contribution is -2.32. The van der Waals surface area contributed by atoms with Gasteiger partial charge >= 0.3 is 0 Å². The minimum Gasteiger partial charge on any atom is -0.394 e. The van der Waals surface area contributed by atoms with Gasteiger partial charge in [0.05, 0.1) is 6.61 Å². The summed E-state index contributed by atoms with van der Waals surface area (Å²) in [6.07, 6.45) is -4.16. The number of rotatable bonds is 2. The maximum atomic E-state index is 9.94. The van der Waals surface area contributed by atoms with E-state index in [4.69, 9.17) is 27.8 Å². The lowest BCUT2D eigenvalue weighted by atomic mass is 10.1. The molecule has 7 N–H and O–H groups in total. The second-order valence-electron chi connectivity index (χ2n) is 4.53. The fraction of sp³-hybridized carbons (Fsp3) is 0.500. The summed E-state index contributed by atoms with van der Waals surface area (Å²) in [7, 11) is 0. The van der Waals surface area contributed by atoms with E-state index in [1.807, 2.05) is 0 Å². The van der Waals surface area contributed by atoms with Crippen LogP contribution in [-0.2, 0) is 4.74 Å². The van der Waals surface area contributed by atoms with Crippen LogP contribution in [0.3, 0.4) is 0 Å². The van der Waals surface area contributed by atoms with E-state index >= 15 is 0 Å². The van der Waals surface area contributed by atoms with Crippen LogP contribution in [-0.4, -0.2) is 60.2 Å². The van der Waals surface area contributed by atoms with Gasteiger partial charge in [0.15, 0.2) is 5.65 Å². The molecule has 1 saturated heterocycles. The monoisotopic (exact) mass is 299 g/mol. The van der Waals surface area contributed by atoms with E-state index in [1.54, 1.807) is 0 Å². The third-order valence-corrected chi connectivity index (χ3v) is 3.52. The number of fused-ring (bicyclic) bond motifs is 1. The lowest BCUT2D eigenvalue weighted by Gasteiger charge is -2.11. The van der Waals surface area contributed by atoms with Gasteiger partial charge in [0.2, 0.25) is 5.95 Å². The van der Waals surface area contributed by atoms with Crippen LogP contribution >= 0.6 is 12.2 Å². The molecule has 108 valence electrons. The maximum Gasteiger partial charge on any atom is 0.200 e. The Morgan fingerprint density at radius 3 is 2.65 bits per heavy atom. The Morgan fingerprint density at radius 2 is 2.00 bits per heavy atom. The predicted molar refractivity (Wildman–Crippen MR) is 70.2 cm³/mol. The average molecular weight is 299 g/mol. The van der Waals surface area contributed by atoms with Crippen LogP contribution < -0.4 is 5.73 Å². The van der Waals surface area contributed by atoms with Gasteiger partial charge in [-0.15, -0.1) is 0 Å². The molecule has 0 saturated carbocycles. The fourth-order valence-electron chi connectivity index (χ4n) is 2.20. The smallest absolute Gasteiger partial charge is 0.200 e. The molecule has 0 radical (unpaired) electrons. The molecule has 2 aromatic heterocycles. The number of nitrogens with one attached hydrogen (secondary N) is 2. The standard InChI is InChI=1S/C10H13N5O4S/c11-10-14-7-3(9(20)15-10)12-8(13-7)6-5(18)4(17)2(1-16)19-6/h2,4-6,16-18H,1H2,(H4,11,12,13,14,15,20)/t2-,4-,5-,6?/m1/s1. The fourth-order valence-corrected chi connectivity index (χ4v) is 2.45. The zero-order valence-corrected chi connectivity index (χ0v) is 11.0. The van der Waals surface area contributed by atoms with Crippen molar-refractivity contribution in [1.82, 2.24) is 19.9 Å². The minimum absolute atomic E-state index is 0.127. The molecule has 4 atom stereocenters. The van der Waals surface area contributed by atoms with Crippen LogP contribution in [0.2, 0.25) is 0 Å². The van der Waals surface area contributed by atoms with Crippen molar-refractivity contribution in [2.75, 3.05) is 12.3 Å². The summed E-state index contributed by atoms with van der Waals surface area (Å²) in [5.41, 5.74) is 6.29. The highest BCUT2D eigenvalue weighted by molar-refractivity contribution is 7.71. The van der Waals surface area contributed by atoms with E-state index in [1.165, 1.54) is 0 Å². The van der Waals surface area contributed by atoms with Gasteiger partial charge < -0.3 is 35.8 Å². The highest BCUT2D eigenvalue weighted by atomic mass is 32.1. The summed E-state index contributed by atoms with van der Waals surface area (Å²) in [6, 6.07) is 0. The van der Waals surface area contributed by atoms with Gasteiger partial charge in [0, 0.05) is 0 Å². The van der Waals surface area contributed by atoms with Crippen LogP contribution in [0.15, 0.2) is 0 Å². The highest BCUT2D eigenvalue weighted by Gasteiger charge is 2.44. The molecule has 1 fully saturated rings. The summed E-state index contributed by atoms with van der Waals surface area (Å²) >= 11 is 5.09. The molecule has 3 rings (SSSR count). The molecule has 9 nitrogen and oxygen atoms in total. The number of nitrogens with zero attached hydrogens (tertiary/aromatic N) is 2. The number of nitrogen functional groups attached to an aromatic ring is 1. The summed E-state index contributed by atoms with van der Waals surface area (Å²) in [5.74, 6) is 0.391. The molecule has 0 aliphatic carbocycles. The molecule has 0 aromatic carbocycles. The summed E-state index contributed by atoms with van der Waals surface area (Å²) in [6.45, 7) is -0.403. The summed E-state index contributed by atoms with van der Waals surface area (Å²) < 4.78 is 5.71. The van der Waals surface area contributed by atoms with Gasteiger partial charge in [0.25, 0.3) is 0 Å². The number of aromatic nitrogens is 4. The number of aliphatic hydroxyl groups excluding tert-OH is 3. The molecular weight excluding hydrogens is 286 g/mol. The molecule has 1 aliphatic rings. The van der Waals surface area contributed by atoms with Gasteiger partial charge in [-0.25, -0.2) is 4.98 Å². The van der Waals surface area contributed by atoms with E-state index in [2.05, 4.69) is 19.9 Å². The maximum absolute atomic E-state index is 9.94. The highest BCUT2D eigenvalue weighted by Crippen LogP contribution is 2.32. The van der Waals surface area contributed by atoms with Gasteiger partial charge in [-0.3, -0.25) is 0 Å². The molecule has 0 amide bonds. The number of imidazole rings is 1. The lowest BCUT2D eigenvalue weighted by molar-refractivity contribution is -0.0249. The minimum atomic E-state index is -1.21. The van der Waals surface area contributed by atoms with E-state index in [0.717, 1.165) is 0 Å². The molecule has 20 heavy (non-hydrogen) atoms. The first-order valence-corrected chi connectivity index (χ1v) is 6.30. The summed E-state index contributed by atoms with van der Waals surface area (Å²) in [5, 5.41) is 28.7. The van der Waals surface area contributed by atoms with Crippen LogP contribution in [0, 0.1) is 4.64 Å². The first kappa shape index (κ1) is 13.4. The molecule has 3 heterocycles. The predicted octanol–water partition coefficient (Wildman–Crippen LogP) is -1.25. The van der Waals surface area contributed by atoms with E-state index in [0.29, 0.717) is 15.8 Å². The number of ether oxygens (including phenoxy) is 1. The Kier molecular flexibility index (Phi) is 3.18. The average Bonchev–Trinajstić information content (AvgIpc) is 2.93. The SMILES string of the molecule is Nc1nc2nc(C3O[C@H](CO)[C@@H](O)[C@H]3O)[nH]c2c(=S)[nH]1. The second-order valence-corrected chi connectivity index (χ2v) is 4.94. The van der Waals surface area contributed by atoms with Crippen molar-refractivity contribution >= 4 is 29.3 Å². The number of nitrogens with two attached hydrogens (primary N) is 1. The van der Waals surface area contributed by atoms with Crippen LogP contribution in [0.1, 0.15) is 11.9 Å². The molecular formula is C10H13N5O4S. The zero-order chi connectivity index (χ0) is 14.4. The molecule has 2 aromatic rings. The molecule has 1 unspecified atom stereocenters. The number of aliphatic hydroxyl groups is 3. The van der Waals surface area contributed by atoms with Gasteiger partial charge in [0.1, 0.15) is 40.4 Å². The van der Waals surface area contributed by atoms with Gasteiger partial charge in [-0.1, -0.05) is 12.2 Å². The van der Waals surface area contributed by atoms with Crippen molar-refractivity contribution in [2.24, 2.45) is 0 Å². The molecule has 10 heteroatoms. The normalized spacial score (nSPS) is 30.1. The Morgan fingerprint density at radius 1 is 1.25 bits per heavy atom. The van der Waals surface area contributed by atoms with Crippen LogP contribution in [0.5, 0.6) is 0 Å². The van der Waals surface area contributed by atoms with Crippen molar-refractivity contribution in [1.29, 1.82) is 0 Å². The Labute approximate surface area is 117 Å². The number of H-pyrrole nitrogens is 2. The van der Waals surface area contributed by atoms with Crippen molar-refractivity contribution in [3.8, 4) is 0 Å². The topological polar surface area (TPSA) is 153 Å². The Balaban J connectivity index is 2.03. The number of aromatic amines is 2. The Hall–Kier alpha value is -1.59. The number of hydrogen-bond donors (Lipinski definition) is 6. The first-order valence-electron chi connectivity index (χ1n) is 5.89. The second kappa shape index (κ2) is 4.75. The van der Waals surface area contributed by atoms with Crippen LogP contribution in [0.4, 0.5) is 5.95 Å². The van der Waals surface area contributed by atoms with Crippen molar-refractivity contribution in [3.63, 3.8) is 0 Å². The summed E-state index contributed by atoms with van der Waals surface area (Å²) in [4.78, 5) is 13.7. The van der Waals surface area contributed by atoms with Crippen molar-refractivity contribution < 1.29 is 20.1 Å².